The lowest BCUT2D eigenvalue weighted by Gasteiger charge is -2.07. The van der Waals surface area contributed by atoms with Crippen LogP contribution in [0.3, 0.4) is 0 Å². The number of hydrogen-bond acceptors (Lipinski definition) is 3. The lowest BCUT2D eigenvalue weighted by Crippen LogP contribution is -2.15. The molecule has 0 aliphatic carbocycles. The number of carbonyl (C=O) groups is 1. The zero-order valence-electron chi connectivity index (χ0n) is 10.8. The maximum absolute atomic E-state index is 12.2. The molecule has 1 heterocycles. The summed E-state index contributed by atoms with van der Waals surface area (Å²) in [5.74, 6) is -0.444. The molecular weight excluding hydrogens is 381 g/mol. The highest BCUT2D eigenvalue weighted by molar-refractivity contribution is 14.1. The number of halogens is 1. The molecule has 21 heavy (non-hydrogen) atoms. The summed E-state index contributed by atoms with van der Waals surface area (Å²) in [6, 6.07) is 15.4. The quantitative estimate of drug-likeness (QED) is 0.679. The normalized spacial score (nSPS) is 10.5. The van der Waals surface area contributed by atoms with Crippen LogP contribution in [-0.2, 0) is 0 Å². The molecule has 0 bridgehead atoms. The Balaban J connectivity index is 1.99. The summed E-state index contributed by atoms with van der Waals surface area (Å²) < 4.78 is 6.41. The van der Waals surface area contributed by atoms with Crippen LogP contribution < -0.4 is 10.7 Å². The van der Waals surface area contributed by atoms with Crippen LogP contribution in [0, 0.1) is 3.57 Å². The number of para-hydroxylation sites is 2. The van der Waals surface area contributed by atoms with Crippen molar-refractivity contribution in [1.82, 2.24) is 0 Å². The SMILES string of the molecule is O=C(Nc1ccccc1I)c1cc(=O)c2ccccc2o1. The van der Waals surface area contributed by atoms with Crippen molar-refractivity contribution in [3.63, 3.8) is 0 Å². The molecule has 0 spiro atoms. The van der Waals surface area contributed by atoms with E-state index in [0.717, 1.165) is 3.57 Å². The summed E-state index contributed by atoms with van der Waals surface area (Å²) in [7, 11) is 0. The van der Waals surface area contributed by atoms with Crippen molar-refractivity contribution in [1.29, 1.82) is 0 Å². The molecule has 5 heteroatoms. The van der Waals surface area contributed by atoms with Gasteiger partial charge in [0.15, 0.2) is 11.2 Å². The lowest BCUT2D eigenvalue weighted by atomic mass is 10.2. The van der Waals surface area contributed by atoms with Gasteiger partial charge >= 0.3 is 0 Å². The van der Waals surface area contributed by atoms with E-state index in [4.69, 9.17) is 4.42 Å². The molecular formula is C16H10INO3. The third-order valence-electron chi connectivity index (χ3n) is 2.98. The fraction of sp³-hybridized carbons (Fsp3) is 0. The molecule has 3 aromatic rings. The van der Waals surface area contributed by atoms with E-state index in [2.05, 4.69) is 27.9 Å². The first kappa shape index (κ1) is 13.8. The molecule has 0 saturated heterocycles. The zero-order chi connectivity index (χ0) is 14.8. The van der Waals surface area contributed by atoms with Crippen molar-refractivity contribution in [3.05, 3.63) is 74.2 Å². The predicted octanol–water partition coefficient (Wildman–Crippen LogP) is 3.65. The summed E-state index contributed by atoms with van der Waals surface area (Å²) in [6.45, 7) is 0. The molecule has 4 nitrogen and oxygen atoms in total. The van der Waals surface area contributed by atoms with E-state index in [1.165, 1.54) is 6.07 Å². The first-order valence-electron chi connectivity index (χ1n) is 6.24. The van der Waals surface area contributed by atoms with Crippen LogP contribution in [0.4, 0.5) is 5.69 Å². The van der Waals surface area contributed by atoms with E-state index < -0.39 is 5.91 Å². The van der Waals surface area contributed by atoms with E-state index in [9.17, 15) is 9.59 Å². The van der Waals surface area contributed by atoms with Gasteiger partial charge < -0.3 is 9.73 Å². The molecule has 0 unspecified atom stereocenters. The van der Waals surface area contributed by atoms with Crippen molar-refractivity contribution in [2.24, 2.45) is 0 Å². The Labute approximate surface area is 133 Å². The molecule has 0 fully saturated rings. The van der Waals surface area contributed by atoms with Gasteiger partial charge in [-0.25, -0.2) is 0 Å². The Hall–Kier alpha value is -2.15. The Bertz CT molecular complexity index is 886. The summed E-state index contributed by atoms with van der Waals surface area (Å²) >= 11 is 2.13. The smallest absolute Gasteiger partial charge is 0.291 e. The first-order valence-corrected chi connectivity index (χ1v) is 7.32. The maximum Gasteiger partial charge on any atom is 0.291 e. The third kappa shape index (κ3) is 2.82. The molecule has 104 valence electrons. The maximum atomic E-state index is 12.2. The standard InChI is InChI=1S/C16H10INO3/c17-11-6-2-3-7-12(11)18-16(20)15-9-13(19)10-5-1-4-8-14(10)21-15/h1-9H,(H,18,20). The lowest BCUT2D eigenvalue weighted by molar-refractivity contribution is 0.0997. The largest absolute Gasteiger partial charge is 0.451 e. The van der Waals surface area contributed by atoms with E-state index >= 15 is 0 Å². The summed E-state index contributed by atoms with van der Waals surface area (Å²) in [5, 5.41) is 3.20. The van der Waals surface area contributed by atoms with Gasteiger partial charge in [0.25, 0.3) is 5.91 Å². The van der Waals surface area contributed by atoms with Gasteiger partial charge in [-0.1, -0.05) is 24.3 Å². The summed E-state index contributed by atoms with van der Waals surface area (Å²) in [5.41, 5.74) is 0.849. The van der Waals surface area contributed by atoms with Crippen molar-refractivity contribution in [2.75, 3.05) is 5.32 Å². The van der Waals surface area contributed by atoms with Crippen LogP contribution >= 0.6 is 22.6 Å². The van der Waals surface area contributed by atoms with Gasteiger partial charge in [0.2, 0.25) is 0 Å². The monoisotopic (exact) mass is 391 g/mol. The van der Waals surface area contributed by atoms with E-state index in [0.29, 0.717) is 16.7 Å². The molecule has 0 aliphatic rings. The Morgan fingerprint density at radius 2 is 1.76 bits per heavy atom. The minimum Gasteiger partial charge on any atom is -0.451 e. The number of hydrogen-bond donors (Lipinski definition) is 1. The van der Waals surface area contributed by atoms with Gasteiger partial charge in [0.05, 0.1) is 11.1 Å². The zero-order valence-corrected chi connectivity index (χ0v) is 13.0. The first-order chi connectivity index (χ1) is 10.1. The van der Waals surface area contributed by atoms with Crippen LogP contribution in [0.1, 0.15) is 10.6 Å². The van der Waals surface area contributed by atoms with E-state index in [1.54, 1.807) is 30.3 Å². The Morgan fingerprint density at radius 3 is 2.57 bits per heavy atom. The van der Waals surface area contributed by atoms with Gasteiger partial charge in [-0.05, 0) is 46.9 Å². The van der Waals surface area contributed by atoms with E-state index in [1.807, 2.05) is 18.2 Å². The van der Waals surface area contributed by atoms with Crippen LogP contribution in [-0.4, -0.2) is 5.91 Å². The topological polar surface area (TPSA) is 59.3 Å². The third-order valence-corrected chi connectivity index (χ3v) is 3.92. The molecule has 0 saturated carbocycles. The number of fused-ring (bicyclic) bond motifs is 1. The minimum absolute atomic E-state index is 0.00152. The number of benzene rings is 2. The molecule has 0 aliphatic heterocycles. The average molecular weight is 391 g/mol. The second-order valence-corrected chi connectivity index (χ2v) is 5.57. The highest BCUT2D eigenvalue weighted by Crippen LogP contribution is 2.18. The van der Waals surface area contributed by atoms with Gasteiger partial charge in [-0.3, -0.25) is 9.59 Å². The van der Waals surface area contributed by atoms with Crippen molar-refractivity contribution in [2.45, 2.75) is 0 Å². The summed E-state index contributed by atoms with van der Waals surface area (Å²) in [4.78, 5) is 24.2. The summed E-state index contributed by atoms with van der Waals surface area (Å²) in [6.07, 6.45) is 0. The fourth-order valence-corrected chi connectivity index (χ4v) is 2.48. The number of carbonyl (C=O) groups excluding carboxylic acids is 1. The predicted molar refractivity (Wildman–Crippen MR) is 89.6 cm³/mol. The second kappa shape index (κ2) is 5.69. The molecule has 0 radical (unpaired) electrons. The van der Waals surface area contributed by atoms with Gasteiger partial charge in [0.1, 0.15) is 5.58 Å². The molecule has 1 amide bonds. The van der Waals surface area contributed by atoms with Gasteiger partial charge in [-0.15, -0.1) is 0 Å². The number of amides is 1. The van der Waals surface area contributed by atoms with Gasteiger partial charge in [-0.2, -0.15) is 0 Å². The molecule has 1 aromatic heterocycles. The average Bonchev–Trinajstić information content (AvgIpc) is 2.49. The van der Waals surface area contributed by atoms with Crippen LogP contribution in [0.15, 0.2) is 63.8 Å². The van der Waals surface area contributed by atoms with Crippen molar-refractivity contribution >= 4 is 45.2 Å². The number of nitrogens with one attached hydrogen (secondary N) is 1. The van der Waals surface area contributed by atoms with Crippen LogP contribution in [0.25, 0.3) is 11.0 Å². The molecule has 0 atom stereocenters. The second-order valence-electron chi connectivity index (χ2n) is 4.41. The van der Waals surface area contributed by atoms with Crippen molar-refractivity contribution in [3.8, 4) is 0 Å². The molecule has 3 rings (SSSR count). The van der Waals surface area contributed by atoms with Crippen molar-refractivity contribution < 1.29 is 9.21 Å². The Morgan fingerprint density at radius 1 is 1.05 bits per heavy atom. The molecule has 2 aromatic carbocycles. The highest BCUT2D eigenvalue weighted by atomic mass is 127. The highest BCUT2D eigenvalue weighted by Gasteiger charge is 2.13. The van der Waals surface area contributed by atoms with Gasteiger partial charge in [0, 0.05) is 9.64 Å². The minimum atomic E-state index is -0.443. The number of rotatable bonds is 2. The van der Waals surface area contributed by atoms with E-state index in [-0.39, 0.29) is 11.2 Å². The molecule has 1 N–H and O–H groups in total. The van der Waals surface area contributed by atoms with Crippen LogP contribution in [0.5, 0.6) is 0 Å². The number of anilines is 1. The van der Waals surface area contributed by atoms with Crippen LogP contribution in [0.2, 0.25) is 0 Å². The Kier molecular flexibility index (Phi) is 3.74. The fourth-order valence-electron chi connectivity index (χ4n) is 1.96.